The van der Waals surface area contributed by atoms with Gasteiger partial charge in [0.05, 0.1) is 28.6 Å². The first-order chi connectivity index (χ1) is 19.0. The van der Waals surface area contributed by atoms with E-state index >= 15 is 0 Å². The van der Waals surface area contributed by atoms with Gasteiger partial charge in [0.2, 0.25) is 0 Å². The molecule has 0 spiro atoms. The van der Waals surface area contributed by atoms with Crippen LogP contribution in [0.4, 0.5) is 27.6 Å². The molecule has 2 amide bonds. The van der Waals surface area contributed by atoms with Crippen LogP contribution in [-0.2, 0) is 6.18 Å². The Labute approximate surface area is 227 Å². The zero-order valence-electron chi connectivity index (χ0n) is 19.8. The number of amides is 2. The number of fused-ring (bicyclic) bond motifs is 1. The molecule has 1 unspecified atom stereocenters. The summed E-state index contributed by atoms with van der Waals surface area (Å²) in [6, 6.07) is 8.32. The quantitative estimate of drug-likeness (QED) is 0.291. The van der Waals surface area contributed by atoms with Crippen LogP contribution in [0.15, 0.2) is 60.9 Å². The number of rotatable bonds is 4. The molecular weight excluding hydrogens is 557 g/mol. The van der Waals surface area contributed by atoms with E-state index in [0.717, 1.165) is 12.1 Å². The number of hydrogen-bond acceptors (Lipinski definition) is 5. The van der Waals surface area contributed by atoms with Crippen LogP contribution in [0.5, 0.6) is 0 Å². The number of carbonyl (C=O) groups is 2. The Bertz CT molecular complexity index is 1750. The normalized spacial score (nSPS) is 14.3. The highest BCUT2D eigenvalue weighted by atomic mass is 35.5. The zero-order chi connectivity index (χ0) is 28.8. The lowest BCUT2D eigenvalue weighted by Gasteiger charge is -2.19. The molecule has 2 aromatic carbocycles. The van der Waals surface area contributed by atoms with E-state index in [9.17, 15) is 36.8 Å². The lowest BCUT2D eigenvalue weighted by Crippen LogP contribution is -2.21. The summed E-state index contributed by atoms with van der Waals surface area (Å²) in [5.74, 6) is -3.83. The van der Waals surface area contributed by atoms with Crippen molar-refractivity contribution in [3.63, 3.8) is 0 Å². The van der Waals surface area contributed by atoms with E-state index in [2.05, 4.69) is 20.6 Å². The first kappa shape index (κ1) is 26.7. The van der Waals surface area contributed by atoms with Crippen LogP contribution in [0, 0.1) is 23.0 Å². The van der Waals surface area contributed by atoms with Crippen molar-refractivity contribution < 1.29 is 31.5 Å². The fraction of sp³-hybridized carbons (Fsp3) is 0.0741. The molecule has 40 heavy (non-hydrogen) atoms. The van der Waals surface area contributed by atoms with Crippen LogP contribution in [0.3, 0.4) is 0 Å². The lowest BCUT2D eigenvalue weighted by molar-refractivity contribution is -0.137. The molecule has 2 N–H and O–H groups in total. The average Bonchev–Trinajstić information content (AvgIpc) is 3.25. The largest absolute Gasteiger partial charge is 0.416 e. The molecule has 0 aliphatic carbocycles. The highest BCUT2D eigenvalue weighted by Gasteiger charge is 2.37. The Morgan fingerprint density at radius 1 is 1.07 bits per heavy atom. The lowest BCUT2D eigenvalue weighted by atomic mass is 9.96. The summed E-state index contributed by atoms with van der Waals surface area (Å²) in [5.41, 5.74) is -1.85. The average molecular weight is 570 g/mol. The summed E-state index contributed by atoms with van der Waals surface area (Å²) >= 11 is 6.27. The number of nitrogens with zero attached hydrogens (tertiary/aromatic N) is 3. The number of benzene rings is 2. The summed E-state index contributed by atoms with van der Waals surface area (Å²) in [4.78, 5) is 34.4. The van der Waals surface area contributed by atoms with Crippen molar-refractivity contribution in [2.24, 2.45) is 0 Å². The van der Waals surface area contributed by atoms with Gasteiger partial charge in [-0.3, -0.25) is 14.6 Å². The van der Waals surface area contributed by atoms with E-state index in [1.807, 2.05) is 6.07 Å². The molecule has 5 rings (SSSR count). The number of hydrogen-bond donors (Lipinski definition) is 2. The van der Waals surface area contributed by atoms with Crippen molar-refractivity contribution in [1.29, 1.82) is 5.26 Å². The van der Waals surface area contributed by atoms with Gasteiger partial charge in [-0.2, -0.15) is 18.4 Å². The molecule has 1 atom stereocenters. The van der Waals surface area contributed by atoms with E-state index in [0.29, 0.717) is 12.1 Å². The van der Waals surface area contributed by atoms with Crippen molar-refractivity contribution >= 4 is 29.1 Å². The van der Waals surface area contributed by atoms with E-state index in [4.69, 9.17) is 11.6 Å². The van der Waals surface area contributed by atoms with Crippen molar-refractivity contribution in [2.75, 3.05) is 5.32 Å². The van der Waals surface area contributed by atoms with Crippen molar-refractivity contribution in [2.45, 2.75) is 12.2 Å². The summed E-state index contributed by atoms with van der Waals surface area (Å²) in [6.07, 6.45) is -2.31. The molecule has 2 aromatic heterocycles. The van der Waals surface area contributed by atoms with Crippen LogP contribution in [0.25, 0.3) is 11.3 Å². The fourth-order valence-electron chi connectivity index (χ4n) is 4.29. The second kappa shape index (κ2) is 10.0. The highest BCUT2D eigenvalue weighted by Crippen LogP contribution is 2.41. The zero-order valence-corrected chi connectivity index (χ0v) is 20.5. The van der Waals surface area contributed by atoms with Gasteiger partial charge in [0, 0.05) is 39.7 Å². The van der Waals surface area contributed by atoms with Gasteiger partial charge in [0.1, 0.15) is 23.4 Å². The minimum atomic E-state index is -4.92. The molecule has 7 nitrogen and oxygen atoms in total. The van der Waals surface area contributed by atoms with Gasteiger partial charge in [0.15, 0.2) is 0 Å². The predicted molar refractivity (Wildman–Crippen MR) is 132 cm³/mol. The van der Waals surface area contributed by atoms with Gasteiger partial charge in [-0.1, -0.05) is 11.6 Å². The molecule has 4 aromatic rings. The van der Waals surface area contributed by atoms with Gasteiger partial charge < -0.3 is 10.6 Å². The summed E-state index contributed by atoms with van der Waals surface area (Å²) in [7, 11) is 0. The van der Waals surface area contributed by atoms with E-state index in [1.54, 1.807) is 0 Å². The van der Waals surface area contributed by atoms with Crippen molar-refractivity contribution in [3.8, 4) is 17.3 Å². The van der Waals surface area contributed by atoms with Gasteiger partial charge in [-0.25, -0.2) is 13.8 Å². The Morgan fingerprint density at radius 3 is 2.58 bits per heavy atom. The minimum absolute atomic E-state index is 0.0367. The number of nitriles is 1. The van der Waals surface area contributed by atoms with Crippen LogP contribution < -0.4 is 10.6 Å². The molecule has 3 heterocycles. The van der Waals surface area contributed by atoms with Gasteiger partial charge >= 0.3 is 6.18 Å². The third kappa shape index (κ3) is 4.94. The number of aromatic nitrogens is 2. The number of pyridine rings is 2. The molecule has 0 fully saturated rings. The van der Waals surface area contributed by atoms with E-state index in [1.165, 1.54) is 30.6 Å². The Morgan fingerprint density at radius 2 is 1.85 bits per heavy atom. The van der Waals surface area contributed by atoms with E-state index in [-0.39, 0.29) is 50.4 Å². The molecule has 0 radical (unpaired) electrons. The van der Waals surface area contributed by atoms with Crippen LogP contribution >= 0.6 is 11.6 Å². The molecule has 13 heteroatoms. The maximum absolute atomic E-state index is 14.1. The van der Waals surface area contributed by atoms with Gasteiger partial charge in [0.25, 0.3) is 11.8 Å². The SMILES string of the molecule is N#Cc1cnccc1-c1cc(NC(=O)c2cc(F)cc(C(F)(F)F)c2)c2c(n1)C(=O)NC2c1cc(F)ccc1Cl. The third-order valence-corrected chi connectivity index (χ3v) is 6.40. The van der Waals surface area contributed by atoms with Crippen LogP contribution in [-0.4, -0.2) is 21.8 Å². The van der Waals surface area contributed by atoms with Crippen LogP contribution in [0.1, 0.15) is 49.1 Å². The summed E-state index contributed by atoms with van der Waals surface area (Å²) < 4.78 is 67.9. The molecule has 0 bridgehead atoms. The first-order valence-corrected chi connectivity index (χ1v) is 11.7. The van der Waals surface area contributed by atoms with Crippen molar-refractivity contribution in [3.05, 3.63) is 111 Å². The molecule has 200 valence electrons. The Kier molecular flexibility index (Phi) is 6.69. The second-order valence-electron chi connectivity index (χ2n) is 8.60. The second-order valence-corrected chi connectivity index (χ2v) is 9.01. The van der Waals surface area contributed by atoms with E-state index < -0.39 is 46.8 Å². The number of alkyl halides is 3. The first-order valence-electron chi connectivity index (χ1n) is 11.3. The molecule has 0 saturated carbocycles. The van der Waals surface area contributed by atoms with Gasteiger partial charge in [-0.05, 0) is 48.5 Å². The Hall–Kier alpha value is -4.89. The Balaban J connectivity index is 1.69. The standard InChI is InChI=1S/C27H13ClF5N5O2/c28-19-2-1-15(29)8-18(19)23-22-21(37-25(39)12-5-14(27(31,32)33)7-16(30)6-12)9-20(36-24(22)26(40)38-23)17-3-4-35-11-13(17)10-34/h1-9,11,23H,(H,38,40)(H,36,37,39). The topological polar surface area (TPSA) is 108 Å². The van der Waals surface area contributed by atoms with Crippen LogP contribution in [0.2, 0.25) is 5.02 Å². The summed E-state index contributed by atoms with van der Waals surface area (Å²) in [5, 5.41) is 14.6. The number of carbonyl (C=O) groups excluding carboxylic acids is 2. The maximum Gasteiger partial charge on any atom is 0.416 e. The predicted octanol–water partition coefficient (Wildman–Crippen LogP) is 6.05. The molecular formula is C27H13ClF5N5O2. The smallest absolute Gasteiger partial charge is 0.340 e. The monoisotopic (exact) mass is 569 g/mol. The number of nitrogens with one attached hydrogen (secondary N) is 2. The number of halogens is 6. The molecule has 0 saturated heterocycles. The van der Waals surface area contributed by atoms with Crippen molar-refractivity contribution in [1.82, 2.24) is 15.3 Å². The number of anilines is 1. The molecule has 1 aliphatic heterocycles. The third-order valence-electron chi connectivity index (χ3n) is 6.06. The molecule has 1 aliphatic rings. The minimum Gasteiger partial charge on any atom is -0.340 e. The van der Waals surface area contributed by atoms with Gasteiger partial charge in [-0.15, -0.1) is 0 Å². The highest BCUT2D eigenvalue weighted by molar-refractivity contribution is 6.31. The summed E-state index contributed by atoms with van der Waals surface area (Å²) in [6.45, 7) is 0. The maximum atomic E-state index is 14.1. The fourth-order valence-corrected chi connectivity index (χ4v) is 4.51.